The maximum atomic E-state index is 13.3. The van der Waals surface area contributed by atoms with Crippen molar-refractivity contribution in [3.8, 4) is 0 Å². The second-order valence-corrected chi connectivity index (χ2v) is 7.96. The highest BCUT2D eigenvalue weighted by Gasteiger charge is 2.39. The Morgan fingerprint density at radius 1 is 0.933 bits per heavy atom. The lowest BCUT2D eigenvalue weighted by Gasteiger charge is -2.36. The van der Waals surface area contributed by atoms with E-state index in [1.807, 2.05) is 18.2 Å². The molecule has 1 aromatic heterocycles. The van der Waals surface area contributed by atoms with Crippen molar-refractivity contribution in [3.05, 3.63) is 82.8 Å². The van der Waals surface area contributed by atoms with Crippen LogP contribution in [0, 0.1) is 0 Å². The summed E-state index contributed by atoms with van der Waals surface area (Å²) in [6.07, 6.45) is 3.46. The third-order valence-corrected chi connectivity index (χ3v) is 5.89. The van der Waals surface area contributed by atoms with E-state index in [0.29, 0.717) is 21.8 Å². The number of benzene rings is 2. The van der Waals surface area contributed by atoms with E-state index in [2.05, 4.69) is 9.80 Å². The number of amides is 2. The van der Waals surface area contributed by atoms with Crippen molar-refractivity contribution in [1.82, 2.24) is 4.90 Å². The number of carbonyl (C=O) groups is 2. The summed E-state index contributed by atoms with van der Waals surface area (Å²) in [4.78, 5) is 32.0. The summed E-state index contributed by atoms with van der Waals surface area (Å²) < 4.78 is 5.15. The summed E-state index contributed by atoms with van der Waals surface area (Å²) in [5.74, 6) is -0.605. The molecule has 2 aliphatic rings. The van der Waals surface area contributed by atoms with Gasteiger partial charge in [0.1, 0.15) is 0 Å². The summed E-state index contributed by atoms with van der Waals surface area (Å²) in [5, 5.41) is 0.484. The van der Waals surface area contributed by atoms with E-state index in [0.717, 1.165) is 44.0 Å². The maximum Gasteiger partial charge on any atom is 0.268 e. The van der Waals surface area contributed by atoms with Crippen molar-refractivity contribution >= 4 is 34.8 Å². The van der Waals surface area contributed by atoms with Crippen LogP contribution in [0.4, 0.5) is 11.4 Å². The molecule has 6 nitrogen and oxygen atoms in total. The second kappa shape index (κ2) is 7.63. The first-order valence-electron chi connectivity index (χ1n) is 9.87. The van der Waals surface area contributed by atoms with Gasteiger partial charge in [-0.1, -0.05) is 23.7 Å². The van der Waals surface area contributed by atoms with Gasteiger partial charge in [-0.2, -0.15) is 0 Å². The van der Waals surface area contributed by atoms with Crippen LogP contribution in [-0.2, 0) is 6.54 Å². The Hall–Kier alpha value is -3.09. The number of furan rings is 1. The summed E-state index contributed by atoms with van der Waals surface area (Å²) >= 11 is 6.08. The molecule has 2 amide bonds. The SMILES string of the molecule is O=C1c2cccc(N3CCN(Cc4ccoc4)CC3)c2C(=O)N1c1cccc(Cl)c1. The monoisotopic (exact) mass is 421 g/mol. The van der Waals surface area contributed by atoms with Gasteiger partial charge in [-0.3, -0.25) is 14.5 Å². The van der Waals surface area contributed by atoms with E-state index in [4.69, 9.17) is 16.0 Å². The van der Waals surface area contributed by atoms with Crippen LogP contribution in [-0.4, -0.2) is 42.9 Å². The van der Waals surface area contributed by atoms with Gasteiger partial charge in [0.25, 0.3) is 11.8 Å². The predicted molar refractivity (Wildman–Crippen MR) is 115 cm³/mol. The van der Waals surface area contributed by atoms with Crippen molar-refractivity contribution in [2.75, 3.05) is 36.0 Å². The molecule has 1 fully saturated rings. The summed E-state index contributed by atoms with van der Waals surface area (Å²) in [7, 11) is 0. The fourth-order valence-corrected chi connectivity index (χ4v) is 4.35. The molecular weight excluding hydrogens is 402 g/mol. The molecule has 0 saturated carbocycles. The Morgan fingerprint density at radius 2 is 1.73 bits per heavy atom. The van der Waals surface area contributed by atoms with E-state index in [1.54, 1.807) is 42.9 Å². The van der Waals surface area contributed by atoms with Crippen molar-refractivity contribution in [1.29, 1.82) is 0 Å². The van der Waals surface area contributed by atoms with Gasteiger partial charge in [-0.15, -0.1) is 0 Å². The molecule has 7 heteroatoms. The van der Waals surface area contributed by atoms with Crippen LogP contribution in [0.3, 0.4) is 0 Å². The number of hydrogen-bond acceptors (Lipinski definition) is 5. The number of anilines is 2. The van der Waals surface area contributed by atoms with Crippen LogP contribution < -0.4 is 9.80 Å². The lowest BCUT2D eigenvalue weighted by Crippen LogP contribution is -2.46. The number of carbonyl (C=O) groups excluding carboxylic acids is 2. The fourth-order valence-electron chi connectivity index (χ4n) is 4.17. The van der Waals surface area contributed by atoms with Crippen LogP contribution in [0.2, 0.25) is 5.02 Å². The topological polar surface area (TPSA) is 57.0 Å². The van der Waals surface area contributed by atoms with E-state index in [1.165, 1.54) is 4.90 Å². The van der Waals surface area contributed by atoms with Crippen molar-refractivity contribution in [2.45, 2.75) is 6.54 Å². The molecule has 0 N–H and O–H groups in total. The van der Waals surface area contributed by atoms with Crippen LogP contribution in [0.15, 0.2) is 65.5 Å². The number of piperazine rings is 1. The Kier molecular flexibility index (Phi) is 4.81. The third kappa shape index (κ3) is 3.28. The number of imide groups is 1. The molecule has 0 radical (unpaired) electrons. The van der Waals surface area contributed by atoms with Crippen molar-refractivity contribution < 1.29 is 14.0 Å². The molecule has 2 aromatic carbocycles. The van der Waals surface area contributed by atoms with Gasteiger partial charge in [-0.25, -0.2) is 4.90 Å². The molecule has 5 rings (SSSR count). The third-order valence-electron chi connectivity index (χ3n) is 5.66. The minimum atomic E-state index is -0.308. The molecular formula is C23H20ClN3O3. The summed E-state index contributed by atoms with van der Waals surface area (Å²) in [5.41, 5.74) is 3.38. The Balaban J connectivity index is 1.39. The molecule has 1 saturated heterocycles. The molecule has 3 heterocycles. The first-order valence-corrected chi connectivity index (χ1v) is 10.3. The first kappa shape index (κ1) is 18.9. The Bertz CT molecular complexity index is 1100. The zero-order chi connectivity index (χ0) is 20.7. The minimum Gasteiger partial charge on any atom is -0.472 e. The molecule has 0 unspecified atom stereocenters. The summed E-state index contributed by atoms with van der Waals surface area (Å²) in [6, 6.07) is 14.3. The van der Waals surface area contributed by atoms with Gasteiger partial charge in [0.05, 0.1) is 35.0 Å². The van der Waals surface area contributed by atoms with Gasteiger partial charge < -0.3 is 9.32 Å². The van der Waals surface area contributed by atoms with Gasteiger partial charge in [-0.05, 0) is 36.4 Å². The lowest BCUT2D eigenvalue weighted by molar-refractivity contribution is 0.0926. The Labute approximate surface area is 179 Å². The average molecular weight is 422 g/mol. The number of fused-ring (bicyclic) bond motifs is 1. The smallest absolute Gasteiger partial charge is 0.268 e. The number of rotatable bonds is 4. The molecule has 0 spiro atoms. The fraction of sp³-hybridized carbons (Fsp3) is 0.217. The van der Waals surface area contributed by atoms with E-state index in [9.17, 15) is 9.59 Å². The molecule has 152 valence electrons. The van der Waals surface area contributed by atoms with Gasteiger partial charge in [0.15, 0.2) is 0 Å². The maximum absolute atomic E-state index is 13.3. The molecule has 30 heavy (non-hydrogen) atoms. The highest BCUT2D eigenvalue weighted by Crippen LogP contribution is 2.35. The van der Waals surface area contributed by atoms with Gasteiger partial charge >= 0.3 is 0 Å². The molecule has 0 bridgehead atoms. The average Bonchev–Trinajstić information content (AvgIpc) is 3.35. The first-order chi connectivity index (χ1) is 14.6. The highest BCUT2D eigenvalue weighted by atomic mass is 35.5. The quantitative estimate of drug-likeness (QED) is 0.595. The largest absolute Gasteiger partial charge is 0.472 e. The van der Waals surface area contributed by atoms with Crippen LogP contribution >= 0.6 is 11.6 Å². The molecule has 3 aromatic rings. The van der Waals surface area contributed by atoms with E-state index in [-0.39, 0.29) is 11.8 Å². The van der Waals surface area contributed by atoms with Crippen LogP contribution in [0.1, 0.15) is 26.3 Å². The number of halogens is 1. The van der Waals surface area contributed by atoms with E-state index < -0.39 is 0 Å². The normalized spacial score (nSPS) is 17.0. The van der Waals surface area contributed by atoms with Gasteiger partial charge in [0.2, 0.25) is 0 Å². The molecule has 0 atom stereocenters. The van der Waals surface area contributed by atoms with Crippen molar-refractivity contribution in [2.24, 2.45) is 0 Å². The summed E-state index contributed by atoms with van der Waals surface area (Å²) in [6.45, 7) is 4.15. The van der Waals surface area contributed by atoms with Crippen molar-refractivity contribution in [3.63, 3.8) is 0 Å². The van der Waals surface area contributed by atoms with Crippen LogP contribution in [0.5, 0.6) is 0 Å². The van der Waals surface area contributed by atoms with Crippen LogP contribution in [0.25, 0.3) is 0 Å². The predicted octanol–water partition coefficient (Wildman–Crippen LogP) is 4.06. The highest BCUT2D eigenvalue weighted by molar-refractivity contribution is 6.37. The van der Waals surface area contributed by atoms with Gasteiger partial charge in [0, 0.05) is 43.3 Å². The minimum absolute atomic E-state index is 0.298. The zero-order valence-corrected chi connectivity index (χ0v) is 17.0. The standard InChI is InChI=1S/C23H20ClN3O3/c24-17-3-1-4-18(13-17)27-22(28)19-5-2-6-20(21(19)23(27)29)26-10-8-25(9-11-26)14-16-7-12-30-15-16/h1-7,12-13,15H,8-11,14H2. The number of nitrogens with zero attached hydrogens (tertiary/aromatic N) is 3. The molecule has 2 aliphatic heterocycles. The van der Waals surface area contributed by atoms with E-state index >= 15 is 0 Å². The zero-order valence-electron chi connectivity index (χ0n) is 16.3. The lowest BCUT2D eigenvalue weighted by atomic mass is 10.1. The molecule has 0 aliphatic carbocycles. The number of hydrogen-bond donors (Lipinski definition) is 0. The second-order valence-electron chi connectivity index (χ2n) is 7.52. The Morgan fingerprint density at radius 3 is 2.47 bits per heavy atom.